The fraction of sp³-hybridized carbons (Fsp3) is 0.222. The number of esters is 1. The molecule has 2 rings (SSSR count). The molecule has 9 heteroatoms. The fourth-order valence-electron chi connectivity index (χ4n) is 2.41. The van der Waals surface area contributed by atoms with Crippen LogP contribution in [0.2, 0.25) is 0 Å². The number of aromatic nitrogens is 1. The fourth-order valence-corrected chi connectivity index (χ4v) is 2.41. The number of amides is 1. The van der Waals surface area contributed by atoms with E-state index in [1.807, 2.05) is 6.07 Å². The van der Waals surface area contributed by atoms with Crippen molar-refractivity contribution in [2.75, 3.05) is 13.7 Å². The Morgan fingerprint density at radius 2 is 2.07 bits per heavy atom. The third-order valence-corrected chi connectivity index (χ3v) is 3.67. The minimum absolute atomic E-state index is 0.0357. The predicted molar refractivity (Wildman–Crippen MR) is 93.6 cm³/mol. The summed E-state index contributed by atoms with van der Waals surface area (Å²) < 4.78 is 4.59. The van der Waals surface area contributed by atoms with Gasteiger partial charge in [-0.3, -0.25) is 19.9 Å². The van der Waals surface area contributed by atoms with E-state index in [4.69, 9.17) is 5.26 Å². The van der Waals surface area contributed by atoms with Crippen molar-refractivity contribution in [1.82, 2.24) is 9.88 Å². The molecule has 0 aliphatic rings. The number of nitro groups is 1. The zero-order valence-electron chi connectivity index (χ0n) is 14.5. The Kier molecular flexibility index (Phi) is 6.55. The Labute approximate surface area is 155 Å². The van der Waals surface area contributed by atoms with E-state index in [1.54, 1.807) is 24.5 Å². The number of nitro benzene ring substituents is 1. The summed E-state index contributed by atoms with van der Waals surface area (Å²) in [4.78, 5) is 40.5. The standard InChI is InChI=1S/C18H16N4O5/c1-27-18(24)15-8-14(9-16(10-15)22(25)26)17(23)21(7-3-5-19)12-13-4-2-6-20-11-13/h2,4,6,8-11H,3,7,12H2,1H3. The molecule has 2 aromatic rings. The third kappa shape index (κ3) is 5.09. The van der Waals surface area contributed by atoms with Crippen LogP contribution in [0.15, 0.2) is 42.7 Å². The van der Waals surface area contributed by atoms with Crippen molar-refractivity contribution in [2.24, 2.45) is 0 Å². The van der Waals surface area contributed by atoms with Gasteiger partial charge in [0, 0.05) is 43.2 Å². The molecule has 0 N–H and O–H groups in total. The molecule has 138 valence electrons. The smallest absolute Gasteiger partial charge is 0.338 e. The van der Waals surface area contributed by atoms with Crippen LogP contribution in [0.1, 0.15) is 32.7 Å². The molecule has 0 saturated heterocycles. The van der Waals surface area contributed by atoms with Gasteiger partial charge in [-0.05, 0) is 17.7 Å². The van der Waals surface area contributed by atoms with Gasteiger partial charge >= 0.3 is 5.97 Å². The van der Waals surface area contributed by atoms with Crippen LogP contribution >= 0.6 is 0 Å². The summed E-state index contributed by atoms with van der Waals surface area (Å²) in [6.07, 6.45) is 3.26. The van der Waals surface area contributed by atoms with E-state index in [2.05, 4.69) is 9.72 Å². The Morgan fingerprint density at radius 3 is 2.67 bits per heavy atom. The normalized spacial score (nSPS) is 9.93. The van der Waals surface area contributed by atoms with Crippen molar-refractivity contribution in [2.45, 2.75) is 13.0 Å². The topological polar surface area (TPSA) is 126 Å². The number of pyridine rings is 1. The van der Waals surface area contributed by atoms with Crippen LogP contribution < -0.4 is 0 Å². The quantitative estimate of drug-likeness (QED) is 0.417. The highest BCUT2D eigenvalue weighted by Crippen LogP contribution is 2.20. The van der Waals surface area contributed by atoms with Gasteiger partial charge in [-0.15, -0.1) is 0 Å². The minimum Gasteiger partial charge on any atom is -0.465 e. The summed E-state index contributed by atoms with van der Waals surface area (Å²) in [5.41, 5.74) is 0.202. The monoisotopic (exact) mass is 368 g/mol. The number of hydrogen-bond donors (Lipinski definition) is 0. The highest BCUT2D eigenvalue weighted by Gasteiger charge is 2.22. The molecule has 1 aromatic heterocycles. The third-order valence-electron chi connectivity index (χ3n) is 3.67. The van der Waals surface area contributed by atoms with Crippen molar-refractivity contribution < 1.29 is 19.2 Å². The maximum absolute atomic E-state index is 12.9. The Balaban J connectivity index is 2.40. The molecule has 1 amide bonds. The van der Waals surface area contributed by atoms with E-state index >= 15 is 0 Å². The lowest BCUT2D eigenvalue weighted by molar-refractivity contribution is -0.384. The van der Waals surface area contributed by atoms with E-state index in [0.717, 1.165) is 24.8 Å². The summed E-state index contributed by atoms with van der Waals surface area (Å²) in [7, 11) is 1.14. The van der Waals surface area contributed by atoms with Gasteiger partial charge in [-0.25, -0.2) is 4.79 Å². The zero-order valence-corrected chi connectivity index (χ0v) is 14.5. The molecule has 0 bridgehead atoms. The lowest BCUT2D eigenvalue weighted by Crippen LogP contribution is -2.31. The first-order valence-electron chi connectivity index (χ1n) is 7.89. The number of ether oxygens (including phenoxy) is 1. The molecule has 0 spiro atoms. The maximum atomic E-state index is 12.9. The average Bonchev–Trinajstić information content (AvgIpc) is 2.70. The summed E-state index contributed by atoms with van der Waals surface area (Å²) in [6, 6.07) is 8.83. The molecule has 0 saturated carbocycles. The summed E-state index contributed by atoms with van der Waals surface area (Å²) >= 11 is 0. The SMILES string of the molecule is COC(=O)c1cc(C(=O)N(CCC#N)Cc2cccnc2)cc([N+](=O)[O-])c1. The molecule has 0 aliphatic heterocycles. The van der Waals surface area contributed by atoms with E-state index in [-0.39, 0.29) is 30.6 Å². The average molecular weight is 368 g/mol. The summed E-state index contributed by atoms with van der Waals surface area (Å²) in [5.74, 6) is -1.33. The number of carbonyl (C=O) groups is 2. The molecule has 9 nitrogen and oxygen atoms in total. The molecule has 0 fully saturated rings. The molecule has 0 unspecified atom stereocenters. The summed E-state index contributed by atoms with van der Waals surface area (Å²) in [6.45, 7) is 0.297. The van der Waals surface area contributed by atoms with Gasteiger partial charge in [0.1, 0.15) is 0 Å². The summed E-state index contributed by atoms with van der Waals surface area (Å²) in [5, 5.41) is 20.0. The first-order valence-corrected chi connectivity index (χ1v) is 7.89. The zero-order chi connectivity index (χ0) is 19.8. The maximum Gasteiger partial charge on any atom is 0.338 e. The van der Waals surface area contributed by atoms with Crippen LogP contribution in [0.3, 0.4) is 0 Å². The van der Waals surface area contributed by atoms with Crippen LogP contribution in [0.4, 0.5) is 5.69 Å². The number of methoxy groups -OCH3 is 1. The number of carbonyl (C=O) groups excluding carboxylic acids is 2. The molecule has 0 aliphatic carbocycles. The van der Waals surface area contributed by atoms with Crippen molar-refractivity contribution >= 4 is 17.6 Å². The molecule has 27 heavy (non-hydrogen) atoms. The number of non-ortho nitro benzene ring substituents is 1. The van der Waals surface area contributed by atoms with Crippen molar-refractivity contribution in [3.8, 4) is 6.07 Å². The molecule has 0 radical (unpaired) electrons. The van der Waals surface area contributed by atoms with E-state index in [9.17, 15) is 19.7 Å². The molecule has 0 atom stereocenters. The van der Waals surface area contributed by atoms with Crippen LogP contribution in [-0.4, -0.2) is 40.3 Å². The predicted octanol–water partition coefficient (Wildman–Crippen LogP) is 2.33. The van der Waals surface area contributed by atoms with Gasteiger partial charge in [-0.1, -0.05) is 6.07 Å². The molecule has 1 aromatic carbocycles. The highest BCUT2D eigenvalue weighted by atomic mass is 16.6. The van der Waals surface area contributed by atoms with Gasteiger partial charge in [-0.2, -0.15) is 5.26 Å². The van der Waals surface area contributed by atoms with Crippen molar-refractivity contribution in [3.63, 3.8) is 0 Å². The van der Waals surface area contributed by atoms with Gasteiger partial charge in [0.05, 0.1) is 30.1 Å². The number of nitriles is 1. The van der Waals surface area contributed by atoms with Gasteiger partial charge < -0.3 is 9.64 Å². The molecule has 1 heterocycles. The number of benzene rings is 1. The molecular weight excluding hydrogens is 352 g/mol. The Bertz CT molecular complexity index is 892. The Morgan fingerprint density at radius 1 is 1.33 bits per heavy atom. The number of hydrogen-bond acceptors (Lipinski definition) is 7. The van der Waals surface area contributed by atoms with E-state index < -0.39 is 22.5 Å². The van der Waals surface area contributed by atoms with Gasteiger partial charge in [0.15, 0.2) is 0 Å². The first-order chi connectivity index (χ1) is 13.0. The van der Waals surface area contributed by atoms with Gasteiger partial charge in [0.25, 0.3) is 11.6 Å². The largest absolute Gasteiger partial charge is 0.465 e. The minimum atomic E-state index is -0.788. The second-order valence-corrected chi connectivity index (χ2v) is 5.51. The number of rotatable bonds is 7. The van der Waals surface area contributed by atoms with Crippen molar-refractivity contribution in [3.05, 3.63) is 69.5 Å². The second-order valence-electron chi connectivity index (χ2n) is 5.51. The second kappa shape index (κ2) is 9.05. The first kappa shape index (κ1) is 19.5. The molecular formula is C18H16N4O5. The van der Waals surface area contributed by atoms with Crippen LogP contribution in [-0.2, 0) is 11.3 Å². The van der Waals surface area contributed by atoms with E-state index in [0.29, 0.717) is 0 Å². The lowest BCUT2D eigenvalue weighted by Gasteiger charge is -2.22. The highest BCUT2D eigenvalue weighted by molar-refractivity contribution is 5.99. The van der Waals surface area contributed by atoms with Crippen LogP contribution in [0, 0.1) is 21.4 Å². The Hall–Kier alpha value is -3.80. The lowest BCUT2D eigenvalue weighted by atomic mass is 10.1. The van der Waals surface area contributed by atoms with Crippen molar-refractivity contribution in [1.29, 1.82) is 5.26 Å². The van der Waals surface area contributed by atoms with Gasteiger partial charge in [0.2, 0.25) is 0 Å². The van der Waals surface area contributed by atoms with Crippen LogP contribution in [0.5, 0.6) is 0 Å². The van der Waals surface area contributed by atoms with E-state index in [1.165, 1.54) is 11.0 Å². The van der Waals surface area contributed by atoms with Crippen LogP contribution in [0.25, 0.3) is 0 Å². The number of nitrogens with zero attached hydrogens (tertiary/aromatic N) is 4.